The molecule has 1 aromatic carbocycles. The lowest BCUT2D eigenvalue weighted by Crippen LogP contribution is -2.08. The van der Waals surface area contributed by atoms with Gasteiger partial charge >= 0.3 is 0 Å². The van der Waals surface area contributed by atoms with E-state index in [9.17, 15) is 5.11 Å². The van der Waals surface area contributed by atoms with Crippen molar-refractivity contribution in [3.05, 3.63) is 36.1 Å². The van der Waals surface area contributed by atoms with Crippen molar-refractivity contribution in [2.24, 2.45) is 0 Å². The van der Waals surface area contributed by atoms with E-state index in [-0.39, 0.29) is 6.61 Å². The second-order valence-corrected chi connectivity index (χ2v) is 4.12. The molecule has 1 atom stereocenters. The van der Waals surface area contributed by atoms with Crippen molar-refractivity contribution in [1.82, 2.24) is 0 Å². The highest BCUT2D eigenvalue weighted by atomic mass is 16.5. The molecule has 0 radical (unpaired) electrons. The number of methoxy groups -OCH3 is 1. The van der Waals surface area contributed by atoms with Crippen molar-refractivity contribution in [3.8, 4) is 0 Å². The molecule has 0 amide bonds. The van der Waals surface area contributed by atoms with Crippen LogP contribution < -0.4 is 0 Å². The second kappa shape index (κ2) is 6.54. The summed E-state index contributed by atoms with van der Waals surface area (Å²) in [4.78, 5) is 0. The average Bonchev–Trinajstić information content (AvgIpc) is 2.82. The summed E-state index contributed by atoms with van der Waals surface area (Å²) in [5, 5.41) is 10.9. The summed E-state index contributed by atoms with van der Waals surface area (Å²) in [7, 11) is 1.66. The molecule has 18 heavy (non-hydrogen) atoms. The van der Waals surface area contributed by atoms with Gasteiger partial charge in [-0.2, -0.15) is 0 Å². The summed E-state index contributed by atoms with van der Waals surface area (Å²) in [6.45, 7) is 1.48. The molecule has 0 fully saturated rings. The first-order valence-corrected chi connectivity index (χ1v) is 6.04. The lowest BCUT2D eigenvalue weighted by molar-refractivity contribution is 0.0189. The minimum absolute atomic E-state index is 0.240. The molecule has 0 spiro atoms. The molecule has 4 nitrogen and oxygen atoms in total. The molecule has 98 valence electrons. The first-order chi connectivity index (χ1) is 8.81. The van der Waals surface area contributed by atoms with Crippen LogP contribution in [-0.4, -0.2) is 32.0 Å². The molecule has 1 heterocycles. The van der Waals surface area contributed by atoms with Gasteiger partial charge in [-0.3, -0.25) is 0 Å². The van der Waals surface area contributed by atoms with Crippen molar-refractivity contribution < 1.29 is 19.0 Å². The normalized spacial score (nSPS) is 13.0. The summed E-state index contributed by atoms with van der Waals surface area (Å²) in [6, 6.07) is 9.52. The van der Waals surface area contributed by atoms with E-state index < -0.39 is 6.10 Å². The maximum atomic E-state index is 9.93. The first kappa shape index (κ1) is 13.1. The number of rotatable bonds is 7. The SMILES string of the molecule is COCCCOCC(O)c1cc2ccccc2o1. The van der Waals surface area contributed by atoms with Crippen LogP contribution in [0.5, 0.6) is 0 Å². The third kappa shape index (κ3) is 3.32. The van der Waals surface area contributed by atoms with Gasteiger partial charge in [0.25, 0.3) is 0 Å². The molecule has 0 aliphatic heterocycles. The third-order valence-electron chi connectivity index (χ3n) is 2.69. The number of benzene rings is 1. The first-order valence-electron chi connectivity index (χ1n) is 6.04. The molecule has 0 saturated carbocycles. The lowest BCUT2D eigenvalue weighted by Gasteiger charge is -2.08. The van der Waals surface area contributed by atoms with E-state index >= 15 is 0 Å². The summed E-state index contributed by atoms with van der Waals surface area (Å²) in [6.07, 6.45) is 0.100. The van der Waals surface area contributed by atoms with E-state index in [1.165, 1.54) is 0 Å². The minimum Gasteiger partial charge on any atom is -0.458 e. The number of furan rings is 1. The van der Waals surface area contributed by atoms with Crippen molar-refractivity contribution in [2.45, 2.75) is 12.5 Å². The van der Waals surface area contributed by atoms with Crippen LogP contribution >= 0.6 is 0 Å². The van der Waals surface area contributed by atoms with Crippen LogP contribution in [0.1, 0.15) is 18.3 Å². The fourth-order valence-electron chi connectivity index (χ4n) is 1.75. The van der Waals surface area contributed by atoms with Crippen LogP contribution in [0.4, 0.5) is 0 Å². The number of hydrogen-bond acceptors (Lipinski definition) is 4. The van der Waals surface area contributed by atoms with Crippen LogP contribution in [0.3, 0.4) is 0 Å². The maximum Gasteiger partial charge on any atom is 0.136 e. The Morgan fingerprint density at radius 1 is 1.28 bits per heavy atom. The van der Waals surface area contributed by atoms with E-state index in [0.29, 0.717) is 19.0 Å². The van der Waals surface area contributed by atoms with Crippen molar-refractivity contribution in [2.75, 3.05) is 26.9 Å². The smallest absolute Gasteiger partial charge is 0.136 e. The maximum absolute atomic E-state index is 9.93. The molecule has 1 unspecified atom stereocenters. The van der Waals surface area contributed by atoms with Crippen molar-refractivity contribution >= 4 is 11.0 Å². The highest BCUT2D eigenvalue weighted by Gasteiger charge is 2.13. The highest BCUT2D eigenvalue weighted by molar-refractivity contribution is 5.77. The molecule has 4 heteroatoms. The van der Waals surface area contributed by atoms with Crippen LogP contribution in [0, 0.1) is 0 Å². The van der Waals surface area contributed by atoms with Gasteiger partial charge in [-0.1, -0.05) is 18.2 Å². The zero-order valence-corrected chi connectivity index (χ0v) is 10.5. The Morgan fingerprint density at radius 3 is 2.89 bits per heavy atom. The van der Waals surface area contributed by atoms with E-state index in [0.717, 1.165) is 17.4 Å². The number of fused-ring (bicyclic) bond motifs is 1. The van der Waals surface area contributed by atoms with E-state index in [4.69, 9.17) is 13.9 Å². The van der Waals surface area contributed by atoms with Gasteiger partial charge in [0, 0.05) is 25.7 Å². The van der Waals surface area contributed by atoms with Crippen LogP contribution in [0.2, 0.25) is 0 Å². The topological polar surface area (TPSA) is 51.8 Å². The molecule has 1 N–H and O–H groups in total. The second-order valence-electron chi connectivity index (χ2n) is 4.12. The fourth-order valence-corrected chi connectivity index (χ4v) is 1.75. The van der Waals surface area contributed by atoms with Gasteiger partial charge in [-0.15, -0.1) is 0 Å². The Bertz CT molecular complexity index is 444. The monoisotopic (exact) mass is 250 g/mol. The zero-order valence-electron chi connectivity index (χ0n) is 10.5. The number of hydrogen-bond donors (Lipinski definition) is 1. The number of para-hydroxylation sites is 1. The van der Waals surface area contributed by atoms with Crippen molar-refractivity contribution in [1.29, 1.82) is 0 Å². The quantitative estimate of drug-likeness (QED) is 0.767. The van der Waals surface area contributed by atoms with Gasteiger partial charge in [-0.25, -0.2) is 0 Å². The molecular weight excluding hydrogens is 232 g/mol. The Hall–Kier alpha value is -1.36. The van der Waals surface area contributed by atoms with E-state index in [2.05, 4.69) is 0 Å². The standard InChI is InChI=1S/C14H18O4/c1-16-7-4-8-17-10-12(15)14-9-11-5-2-3-6-13(11)18-14/h2-3,5-6,9,12,15H,4,7-8,10H2,1H3. The highest BCUT2D eigenvalue weighted by Crippen LogP contribution is 2.23. The molecule has 0 saturated heterocycles. The average molecular weight is 250 g/mol. The minimum atomic E-state index is -0.722. The van der Waals surface area contributed by atoms with Crippen LogP contribution in [0.15, 0.2) is 34.7 Å². The van der Waals surface area contributed by atoms with Gasteiger partial charge in [0.2, 0.25) is 0 Å². The van der Waals surface area contributed by atoms with Crippen molar-refractivity contribution in [3.63, 3.8) is 0 Å². The lowest BCUT2D eigenvalue weighted by atomic mass is 10.2. The summed E-state index contributed by atoms with van der Waals surface area (Å²) in [5.41, 5.74) is 0.783. The van der Waals surface area contributed by atoms with Gasteiger partial charge in [0.1, 0.15) is 17.4 Å². The summed E-state index contributed by atoms with van der Waals surface area (Å²) >= 11 is 0. The van der Waals surface area contributed by atoms with Gasteiger partial charge in [-0.05, 0) is 18.6 Å². The zero-order chi connectivity index (χ0) is 12.8. The number of aliphatic hydroxyl groups excluding tert-OH is 1. The molecule has 0 aliphatic carbocycles. The summed E-state index contributed by atoms with van der Waals surface area (Å²) in [5.74, 6) is 0.544. The van der Waals surface area contributed by atoms with E-state index in [1.807, 2.05) is 30.3 Å². The largest absolute Gasteiger partial charge is 0.458 e. The van der Waals surface area contributed by atoms with Crippen LogP contribution in [-0.2, 0) is 9.47 Å². The molecular formula is C14H18O4. The molecule has 1 aromatic heterocycles. The molecule has 2 aromatic rings. The fraction of sp³-hybridized carbons (Fsp3) is 0.429. The molecule has 2 rings (SSSR count). The summed E-state index contributed by atoms with van der Waals surface area (Å²) < 4.78 is 15.8. The Balaban J connectivity index is 1.86. The van der Waals surface area contributed by atoms with Gasteiger partial charge < -0.3 is 19.0 Å². The number of aliphatic hydroxyl groups is 1. The third-order valence-corrected chi connectivity index (χ3v) is 2.69. The Kier molecular flexibility index (Phi) is 4.75. The molecule has 0 aliphatic rings. The Morgan fingerprint density at radius 2 is 2.11 bits per heavy atom. The Labute approximate surface area is 106 Å². The predicted molar refractivity (Wildman–Crippen MR) is 68.5 cm³/mol. The van der Waals surface area contributed by atoms with Crippen LogP contribution in [0.25, 0.3) is 11.0 Å². The number of ether oxygens (including phenoxy) is 2. The predicted octanol–water partition coefficient (Wildman–Crippen LogP) is 2.52. The van der Waals surface area contributed by atoms with Gasteiger partial charge in [0.15, 0.2) is 0 Å². The molecule has 0 bridgehead atoms. The van der Waals surface area contributed by atoms with Gasteiger partial charge in [0.05, 0.1) is 6.61 Å². The van der Waals surface area contributed by atoms with E-state index in [1.54, 1.807) is 7.11 Å².